The second-order valence-electron chi connectivity index (χ2n) is 5.72. The molecule has 0 aromatic rings. The second kappa shape index (κ2) is 4.53. The van der Waals surface area contributed by atoms with E-state index in [1.807, 2.05) is 0 Å². The molecule has 7 heteroatoms. The molecule has 0 spiro atoms. The van der Waals surface area contributed by atoms with E-state index in [9.17, 15) is 31.4 Å². The molecule has 0 aromatic carbocycles. The van der Waals surface area contributed by atoms with Crippen LogP contribution in [0.5, 0.6) is 0 Å². The Morgan fingerprint density at radius 2 is 1.26 bits per heavy atom. The molecule has 2 aliphatic carbocycles. The van der Waals surface area contributed by atoms with Crippen molar-refractivity contribution in [3.05, 3.63) is 0 Å². The van der Waals surface area contributed by atoms with Crippen molar-refractivity contribution in [2.75, 3.05) is 0 Å². The van der Waals surface area contributed by atoms with Crippen LogP contribution in [0.25, 0.3) is 0 Å². The Bertz CT molecular complexity index is 320. The van der Waals surface area contributed by atoms with Crippen LogP contribution in [-0.2, 0) is 0 Å². The van der Waals surface area contributed by atoms with E-state index in [2.05, 4.69) is 0 Å². The summed E-state index contributed by atoms with van der Waals surface area (Å²) in [7, 11) is 0. The first kappa shape index (κ1) is 14.9. The number of aliphatic hydroxyl groups is 1. The zero-order valence-corrected chi connectivity index (χ0v) is 10.2. The van der Waals surface area contributed by atoms with Crippen LogP contribution in [0.3, 0.4) is 0 Å². The normalized spacial score (nSPS) is 33.3. The Balaban J connectivity index is 2.25. The van der Waals surface area contributed by atoms with Crippen LogP contribution >= 0.6 is 0 Å². The van der Waals surface area contributed by atoms with E-state index in [0.29, 0.717) is 12.8 Å². The van der Waals surface area contributed by atoms with Crippen molar-refractivity contribution < 1.29 is 31.4 Å². The van der Waals surface area contributed by atoms with Crippen LogP contribution in [0.1, 0.15) is 38.5 Å². The number of rotatable bonds is 1. The van der Waals surface area contributed by atoms with E-state index in [-0.39, 0.29) is 24.7 Å². The number of alkyl halides is 6. The third kappa shape index (κ3) is 2.34. The number of hydrogen-bond donors (Lipinski definition) is 1. The largest absolute Gasteiger partial charge is 0.426 e. The predicted molar refractivity (Wildman–Crippen MR) is 55.2 cm³/mol. The highest BCUT2D eigenvalue weighted by molar-refractivity contribution is 5.02. The lowest BCUT2D eigenvalue weighted by molar-refractivity contribution is -0.388. The number of halogens is 6. The molecule has 3 atom stereocenters. The zero-order chi connectivity index (χ0) is 14.5. The minimum absolute atomic E-state index is 0.102. The van der Waals surface area contributed by atoms with Crippen molar-refractivity contribution in [3.8, 4) is 0 Å². The van der Waals surface area contributed by atoms with Crippen LogP contribution in [-0.4, -0.2) is 23.1 Å². The molecule has 0 bridgehead atoms. The first-order valence-electron chi connectivity index (χ1n) is 6.43. The SMILES string of the molecule is OC(C1CC[C@H]2CCCC2C1)(C(F)(F)F)C(F)(F)F. The third-order valence-electron chi connectivity index (χ3n) is 4.74. The molecule has 19 heavy (non-hydrogen) atoms. The number of hydrogen-bond acceptors (Lipinski definition) is 1. The molecular weight excluding hydrogens is 274 g/mol. The van der Waals surface area contributed by atoms with Gasteiger partial charge in [0, 0.05) is 5.92 Å². The van der Waals surface area contributed by atoms with Crippen LogP contribution in [0, 0.1) is 17.8 Å². The average molecular weight is 290 g/mol. The van der Waals surface area contributed by atoms with Crippen LogP contribution < -0.4 is 0 Å². The van der Waals surface area contributed by atoms with Gasteiger partial charge in [0.1, 0.15) is 0 Å². The van der Waals surface area contributed by atoms with Gasteiger partial charge in [0.15, 0.2) is 0 Å². The molecule has 0 radical (unpaired) electrons. The molecule has 2 saturated carbocycles. The first-order chi connectivity index (χ1) is 8.57. The molecule has 0 aromatic heterocycles. The van der Waals surface area contributed by atoms with E-state index in [4.69, 9.17) is 0 Å². The first-order valence-corrected chi connectivity index (χ1v) is 6.43. The molecule has 2 unspecified atom stereocenters. The molecular formula is C12H16F6O. The standard InChI is InChI=1S/C12H16F6O/c13-11(14,15)10(19,12(16,17)18)9-5-4-7-2-1-3-8(7)6-9/h7-9,19H,1-6H2/t7-,8?,9?/m1/s1. The van der Waals surface area contributed by atoms with Gasteiger partial charge in [0.2, 0.25) is 0 Å². The monoisotopic (exact) mass is 290 g/mol. The summed E-state index contributed by atoms with van der Waals surface area (Å²) in [5.41, 5.74) is -4.56. The molecule has 1 nitrogen and oxygen atoms in total. The minimum Gasteiger partial charge on any atom is -0.373 e. The fraction of sp³-hybridized carbons (Fsp3) is 1.00. The maximum absolute atomic E-state index is 12.8. The van der Waals surface area contributed by atoms with Crippen LogP contribution in [0.4, 0.5) is 26.3 Å². The van der Waals surface area contributed by atoms with Crippen LogP contribution in [0.2, 0.25) is 0 Å². The Labute approximate surface area is 107 Å². The number of fused-ring (bicyclic) bond motifs is 1. The summed E-state index contributed by atoms with van der Waals surface area (Å²) in [5, 5.41) is 9.38. The maximum Gasteiger partial charge on any atom is 0.426 e. The van der Waals surface area contributed by atoms with Crippen LogP contribution in [0.15, 0.2) is 0 Å². The summed E-state index contributed by atoms with van der Waals surface area (Å²) in [6.07, 6.45) is -8.98. The van der Waals surface area contributed by atoms with Gasteiger partial charge in [-0.3, -0.25) is 0 Å². The van der Waals surface area contributed by atoms with Gasteiger partial charge in [-0.15, -0.1) is 0 Å². The molecule has 0 aliphatic heterocycles. The Morgan fingerprint density at radius 1 is 0.737 bits per heavy atom. The highest BCUT2D eigenvalue weighted by Gasteiger charge is 2.73. The fourth-order valence-corrected chi connectivity index (χ4v) is 3.71. The lowest BCUT2D eigenvalue weighted by Gasteiger charge is -2.43. The minimum atomic E-state index is -5.68. The molecule has 1 N–H and O–H groups in total. The van der Waals surface area contributed by atoms with Gasteiger partial charge in [0.25, 0.3) is 5.60 Å². The average Bonchev–Trinajstić information content (AvgIpc) is 2.71. The summed E-state index contributed by atoms with van der Waals surface area (Å²) in [4.78, 5) is 0. The van der Waals surface area contributed by atoms with Gasteiger partial charge in [-0.1, -0.05) is 19.3 Å². The highest BCUT2D eigenvalue weighted by atomic mass is 19.4. The molecule has 2 aliphatic rings. The Morgan fingerprint density at radius 3 is 1.79 bits per heavy atom. The van der Waals surface area contributed by atoms with Gasteiger partial charge >= 0.3 is 12.4 Å². The van der Waals surface area contributed by atoms with Gasteiger partial charge < -0.3 is 5.11 Å². The van der Waals surface area contributed by atoms with Gasteiger partial charge in [0.05, 0.1) is 0 Å². The maximum atomic E-state index is 12.8. The molecule has 2 rings (SSSR count). The quantitative estimate of drug-likeness (QED) is 0.722. The second-order valence-corrected chi connectivity index (χ2v) is 5.72. The summed E-state index contributed by atoms with van der Waals surface area (Å²) in [6, 6.07) is 0. The van der Waals surface area contributed by atoms with E-state index in [1.165, 1.54) is 0 Å². The van der Waals surface area contributed by atoms with Crippen molar-refractivity contribution in [1.82, 2.24) is 0 Å². The lowest BCUT2D eigenvalue weighted by Crippen LogP contribution is -2.62. The van der Waals surface area contributed by atoms with Crippen molar-refractivity contribution >= 4 is 0 Å². The zero-order valence-electron chi connectivity index (χ0n) is 10.2. The fourth-order valence-electron chi connectivity index (χ4n) is 3.71. The Kier molecular flexibility index (Phi) is 3.56. The van der Waals surface area contributed by atoms with Gasteiger partial charge in [-0.05, 0) is 31.1 Å². The highest BCUT2D eigenvalue weighted by Crippen LogP contribution is 2.55. The van der Waals surface area contributed by atoms with E-state index in [0.717, 1.165) is 12.8 Å². The molecule has 112 valence electrons. The molecule has 2 fully saturated rings. The summed E-state index contributed by atoms with van der Waals surface area (Å²) in [6.45, 7) is 0. The Hall–Kier alpha value is -0.460. The van der Waals surface area contributed by atoms with E-state index >= 15 is 0 Å². The van der Waals surface area contributed by atoms with E-state index < -0.39 is 23.9 Å². The van der Waals surface area contributed by atoms with Gasteiger partial charge in [-0.2, -0.15) is 26.3 Å². The summed E-state index contributed by atoms with van der Waals surface area (Å²) in [5.74, 6) is -1.64. The topological polar surface area (TPSA) is 20.2 Å². The third-order valence-corrected chi connectivity index (χ3v) is 4.74. The van der Waals surface area contributed by atoms with Crippen molar-refractivity contribution in [1.29, 1.82) is 0 Å². The molecule has 0 amide bonds. The molecule has 0 saturated heterocycles. The predicted octanol–water partition coefficient (Wildman–Crippen LogP) is 4.06. The van der Waals surface area contributed by atoms with Crippen molar-refractivity contribution in [3.63, 3.8) is 0 Å². The van der Waals surface area contributed by atoms with Crippen molar-refractivity contribution in [2.24, 2.45) is 17.8 Å². The van der Waals surface area contributed by atoms with Crippen molar-refractivity contribution in [2.45, 2.75) is 56.5 Å². The lowest BCUT2D eigenvalue weighted by atomic mass is 9.69. The smallest absolute Gasteiger partial charge is 0.373 e. The molecule has 0 heterocycles. The van der Waals surface area contributed by atoms with Gasteiger partial charge in [-0.25, -0.2) is 0 Å². The summed E-state index contributed by atoms with van der Waals surface area (Å²) >= 11 is 0. The summed E-state index contributed by atoms with van der Waals surface area (Å²) < 4.78 is 76.6. The van der Waals surface area contributed by atoms with E-state index in [1.54, 1.807) is 0 Å².